The van der Waals surface area contributed by atoms with E-state index >= 15 is 0 Å². The average molecular weight is 228 g/mol. The highest BCUT2D eigenvalue weighted by atomic mass is 16.6. The summed E-state index contributed by atoms with van der Waals surface area (Å²) in [5.41, 5.74) is -1.11. The Morgan fingerprint density at radius 3 is 2.88 bits per heavy atom. The van der Waals surface area contributed by atoms with E-state index in [0.29, 0.717) is 0 Å². The lowest BCUT2D eigenvalue weighted by molar-refractivity contribution is -0.386. The van der Waals surface area contributed by atoms with Gasteiger partial charge in [-0.25, -0.2) is 0 Å². The second-order valence-corrected chi connectivity index (χ2v) is 2.99. The second-order valence-electron chi connectivity index (χ2n) is 2.99. The van der Waals surface area contributed by atoms with Gasteiger partial charge >= 0.3 is 11.2 Å². The summed E-state index contributed by atoms with van der Waals surface area (Å²) in [5.74, 6) is 0. The fraction of sp³-hybridized carbons (Fsp3) is 0.444. The molecule has 16 heavy (non-hydrogen) atoms. The van der Waals surface area contributed by atoms with Gasteiger partial charge in [0.15, 0.2) is 0 Å². The minimum atomic E-state index is -0.715. The van der Waals surface area contributed by atoms with Crippen LogP contribution in [0.25, 0.3) is 0 Å². The summed E-state index contributed by atoms with van der Waals surface area (Å²) < 4.78 is 6.17. The van der Waals surface area contributed by atoms with Crippen LogP contribution in [-0.2, 0) is 11.3 Å². The van der Waals surface area contributed by atoms with Crippen molar-refractivity contribution in [2.75, 3.05) is 19.8 Å². The van der Waals surface area contributed by atoms with Crippen molar-refractivity contribution < 1.29 is 14.8 Å². The van der Waals surface area contributed by atoms with Crippen LogP contribution in [0.3, 0.4) is 0 Å². The predicted octanol–water partition coefficient (Wildman–Crippen LogP) is -0.235. The van der Waals surface area contributed by atoms with E-state index in [-0.39, 0.29) is 26.4 Å². The van der Waals surface area contributed by atoms with Gasteiger partial charge in [0.2, 0.25) is 0 Å². The van der Waals surface area contributed by atoms with Crippen molar-refractivity contribution in [3.63, 3.8) is 0 Å². The largest absolute Gasteiger partial charge is 0.394 e. The molecule has 7 heteroatoms. The highest BCUT2D eigenvalue weighted by Gasteiger charge is 2.12. The Bertz CT molecular complexity index is 415. The van der Waals surface area contributed by atoms with E-state index in [1.54, 1.807) is 0 Å². The normalized spacial score (nSPS) is 10.3. The van der Waals surface area contributed by atoms with Crippen LogP contribution >= 0.6 is 0 Å². The summed E-state index contributed by atoms with van der Waals surface area (Å²) in [4.78, 5) is 21.3. The van der Waals surface area contributed by atoms with E-state index in [4.69, 9.17) is 9.84 Å². The van der Waals surface area contributed by atoms with Crippen molar-refractivity contribution in [1.29, 1.82) is 0 Å². The molecule has 0 aromatic carbocycles. The number of hydrogen-bond acceptors (Lipinski definition) is 5. The molecular weight excluding hydrogens is 216 g/mol. The summed E-state index contributed by atoms with van der Waals surface area (Å²) in [6.45, 7) is 0.537. The van der Waals surface area contributed by atoms with Gasteiger partial charge in [-0.1, -0.05) is 0 Å². The van der Waals surface area contributed by atoms with Crippen LogP contribution in [0.5, 0.6) is 0 Å². The summed E-state index contributed by atoms with van der Waals surface area (Å²) in [5, 5.41) is 18.9. The van der Waals surface area contributed by atoms with Crippen molar-refractivity contribution in [3.05, 3.63) is 38.8 Å². The third-order valence-corrected chi connectivity index (χ3v) is 1.91. The summed E-state index contributed by atoms with van der Waals surface area (Å²) in [7, 11) is 0. The molecule has 0 aliphatic rings. The molecule has 1 heterocycles. The first-order valence-corrected chi connectivity index (χ1v) is 4.69. The molecule has 0 aliphatic carbocycles. The third-order valence-electron chi connectivity index (χ3n) is 1.91. The lowest BCUT2D eigenvalue weighted by Gasteiger charge is -2.05. The van der Waals surface area contributed by atoms with Gasteiger partial charge < -0.3 is 14.4 Å². The molecule has 1 aromatic rings. The number of hydrogen-bond donors (Lipinski definition) is 1. The lowest BCUT2D eigenvalue weighted by atomic mass is 10.4. The number of aliphatic hydroxyl groups excluding tert-OH is 1. The zero-order valence-corrected chi connectivity index (χ0v) is 8.54. The molecule has 0 bridgehead atoms. The third kappa shape index (κ3) is 3.14. The van der Waals surface area contributed by atoms with Crippen molar-refractivity contribution in [1.82, 2.24) is 4.57 Å². The Hall–Kier alpha value is -1.73. The monoisotopic (exact) mass is 228 g/mol. The molecule has 7 nitrogen and oxygen atoms in total. The van der Waals surface area contributed by atoms with E-state index in [1.165, 1.54) is 16.8 Å². The zero-order chi connectivity index (χ0) is 12.0. The molecule has 0 spiro atoms. The van der Waals surface area contributed by atoms with Crippen LogP contribution in [0.2, 0.25) is 0 Å². The Labute approximate surface area is 91.0 Å². The molecule has 0 saturated carbocycles. The maximum Gasteiger partial charge on any atom is 0.334 e. The van der Waals surface area contributed by atoms with E-state index in [2.05, 4.69) is 0 Å². The van der Waals surface area contributed by atoms with Crippen LogP contribution in [0, 0.1) is 10.1 Å². The minimum Gasteiger partial charge on any atom is -0.394 e. The van der Waals surface area contributed by atoms with Crippen molar-refractivity contribution in [2.45, 2.75) is 6.54 Å². The topological polar surface area (TPSA) is 94.6 Å². The first-order valence-electron chi connectivity index (χ1n) is 4.69. The molecule has 0 radical (unpaired) electrons. The molecule has 1 rings (SSSR count). The van der Waals surface area contributed by atoms with E-state index < -0.39 is 16.2 Å². The Morgan fingerprint density at radius 2 is 2.25 bits per heavy atom. The summed E-state index contributed by atoms with van der Waals surface area (Å²) >= 11 is 0. The number of aliphatic hydroxyl groups is 1. The van der Waals surface area contributed by atoms with Crippen LogP contribution in [-0.4, -0.2) is 34.4 Å². The molecule has 0 aliphatic heterocycles. The number of nitro groups is 1. The van der Waals surface area contributed by atoms with Gasteiger partial charge in [-0.2, -0.15) is 0 Å². The molecule has 0 atom stereocenters. The highest BCUT2D eigenvalue weighted by molar-refractivity contribution is 5.24. The summed E-state index contributed by atoms with van der Waals surface area (Å²) in [6, 6.07) is 2.60. The molecule has 1 aromatic heterocycles. The van der Waals surface area contributed by atoms with Gasteiger partial charge in [0.05, 0.1) is 24.7 Å². The molecular formula is C9H12N2O5. The SMILES string of the molecule is O=c1c([N+](=O)[O-])cccn1CCOCCO. The van der Waals surface area contributed by atoms with Crippen LogP contribution in [0.4, 0.5) is 5.69 Å². The van der Waals surface area contributed by atoms with Gasteiger partial charge in [0, 0.05) is 18.8 Å². The number of ether oxygens (including phenoxy) is 1. The lowest BCUT2D eigenvalue weighted by Crippen LogP contribution is -2.24. The minimum absolute atomic E-state index is 0.0934. The van der Waals surface area contributed by atoms with Gasteiger partial charge in [-0.3, -0.25) is 14.9 Å². The van der Waals surface area contributed by atoms with E-state index in [9.17, 15) is 14.9 Å². The predicted molar refractivity (Wildman–Crippen MR) is 55.3 cm³/mol. The summed E-state index contributed by atoms with van der Waals surface area (Å²) in [6.07, 6.45) is 1.46. The quantitative estimate of drug-likeness (QED) is 0.412. The van der Waals surface area contributed by atoms with Crippen LogP contribution in [0.1, 0.15) is 0 Å². The van der Waals surface area contributed by atoms with Gasteiger partial charge in [-0.15, -0.1) is 0 Å². The van der Waals surface area contributed by atoms with Crippen molar-refractivity contribution >= 4 is 5.69 Å². The number of rotatable bonds is 6. The standard InChI is InChI=1S/C9H12N2O5/c12-5-7-16-6-4-10-3-1-2-8(9(10)13)11(14)15/h1-3,12H,4-7H2. The van der Waals surface area contributed by atoms with E-state index in [0.717, 1.165) is 6.07 Å². The highest BCUT2D eigenvalue weighted by Crippen LogP contribution is 2.01. The van der Waals surface area contributed by atoms with Crippen molar-refractivity contribution in [2.24, 2.45) is 0 Å². The maximum atomic E-state index is 11.5. The average Bonchev–Trinajstić information content (AvgIpc) is 2.26. The molecule has 1 N–H and O–H groups in total. The smallest absolute Gasteiger partial charge is 0.334 e. The molecule has 0 fully saturated rings. The van der Waals surface area contributed by atoms with Gasteiger partial charge in [0.25, 0.3) is 0 Å². The van der Waals surface area contributed by atoms with Crippen LogP contribution < -0.4 is 5.56 Å². The fourth-order valence-electron chi connectivity index (χ4n) is 1.17. The molecule has 0 unspecified atom stereocenters. The Balaban J connectivity index is 2.70. The first-order chi connectivity index (χ1) is 7.66. The number of nitrogens with zero attached hydrogens (tertiary/aromatic N) is 2. The molecule has 88 valence electrons. The first kappa shape index (κ1) is 12.3. The zero-order valence-electron chi connectivity index (χ0n) is 8.54. The molecule has 0 amide bonds. The van der Waals surface area contributed by atoms with Gasteiger partial charge in [0.1, 0.15) is 0 Å². The Morgan fingerprint density at radius 1 is 1.50 bits per heavy atom. The Kier molecular flexibility index (Phi) is 4.62. The second kappa shape index (κ2) is 5.99. The van der Waals surface area contributed by atoms with Gasteiger partial charge in [-0.05, 0) is 6.07 Å². The van der Waals surface area contributed by atoms with Crippen LogP contribution in [0.15, 0.2) is 23.1 Å². The number of aromatic nitrogens is 1. The van der Waals surface area contributed by atoms with E-state index in [1.807, 2.05) is 0 Å². The molecule has 0 saturated heterocycles. The maximum absolute atomic E-state index is 11.5. The number of pyridine rings is 1. The van der Waals surface area contributed by atoms with Crippen molar-refractivity contribution in [3.8, 4) is 0 Å². The fourth-order valence-corrected chi connectivity index (χ4v) is 1.17.